The maximum atomic E-state index is 8.36. The van der Waals surface area contributed by atoms with Crippen LogP contribution >= 0.6 is 9.24 Å². The van der Waals surface area contributed by atoms with Crippen molar-refractivity contribution in [3.63, 3.8) is 0 Å². The molecule has 90 valence electrons. The van der Waals surface area contributed by atoms with Crippen molar-refractivity contribution < 1.29 is 9.90 Å². The first kappa shape index (κ1) is 15.0. The zero-order valence-corrected chi connectivity index (χ0v) is 10.5. The van der Waals surface area contributed by atoms with Crippen LogP contribution in [0, 0.1) is 0 Å². The summed E-state index contributed by atoms with van der Waals surface area (Å²) in [5, 5.41) is 6.89. The molecule has 0 aliphatic carbocycles. The summed E-state index contributed by atoms with van der Waals surface area (Å²) < 4.78 is 0. The minimum atomic E-state index is -0.250. The van der Waals surface area contributed by atoms with Crippen molar-refractivity contribution >= 4 is 15.7 Å². The third-order valence-electron chi connectivity index (χ3n) is 1.89. The third-order valence-corrected chi connectivity index (χ3v) is 2.12. The van der Waals surface area contributed by atoms with E-state index in [1.165, 1.54) is 11.1 Å². The normalized spacial score (nSPS) is 11.2. The van der Waals surface area contributed by atoms with Crippen molar-refractivity contribution in [2.75, 3.05) is 0 Å². The molecule has 0 aliphatic rings. The largest absolute Gasteiger partial charge is 0.483 e. The molecular formula is C11H19N2O2P. The highest BCUT2D eigenvalue weighted by molar-refractivity contribution is 7.17. The van der Waals surface area contributed by atoms with E-state index < -0.39 is 0 Å². The van der Waals surface area contributed by atoms with Crippen LogP contribution in [0.25, 0.3) is 0 Å². The third kappa shape index (κ3) is 7.35. The number of hydrogen-bond acceptors (Lipinski definition) is 3. The van der Waals surface area contributed by atoms with Gasteiger partial charge in [0.1, 0.15) is 0 Å². The Kier molecular flexibility index (Phi) is 8.72. The molecule has 1 aromatic carbocycles. The minimum absolute atomic E-state index is 0.250. The van der Waals surface area contributed by atoms with E-state index in [0.29, 0.717) is 5.66 Å². The van der Waals surface area contributed by atoms with E-state index in [9.17, 15) is 0 Å². The molecule has 0 amide bonds. The zero-order chi connectivity index (χ0) is 12.4. The number of carbonyl (C=O) groups is 1. The van der Waals surface area contributed by atoms with Crippen molar-refractivity contribution in [2.45, 2.75) is 25.5 Å². The number of nitrogens with one attached hydrogen (secondary N) is 1. The Bertz CT molecular complexity index is 289. The van der Waals surface area contributed by atoms with Crippen molar-refractivity contribution in [3.05, 3.63) is 35.4 Å². The first-order chi connectivity index (χ1) is 7.63. The predicted octanol–water partition coefficient (Wildman–Crippen LogP) is 1.16. The van der Waals surface area contributed by atoms with Gasteiger partial charge in [-0.3, -0.25) is 16.1 Å². The second kappa shape index (κ2) is 9.28. The van der Waals surface area contributed by atoms with E-state index in [1.807, 2.05) is 0 Å². The summed E-state index contributed by atoms with van der Waals surface area (Å²) >= 11 is 0. The van der Waals surface area contributed by atoms with Crippen LogP contribution in [-0.2, 0) is 17.8 Å². The lowest BCUT2D eigenvalue weighted by atomic mass is 10.1. The van der Waals surface area contributed by atoms with Crippen LogP contribution < -0.4 is 11.3 Å². The fourth-order valence-corrected chi connectivity index (χ4v) is 1.55. The number of carboxylic acid groups (broad SMARTS) is 1. The lowest BCUT2D eigenvalue weighted by molar-refractivity contribution is -0.122. The summed E-state index contributed by atoms with van der Waals surface area (Å²) in [6.45, 7) is 2.68. The van der Waals surface area contributed by atoms with Crippen LogP contribution in [0.4, 0.5) is 0 Å². The number of nitrogens with two attached hydrogens (primary N) is 1. The first-order valence-electron chi connectivity index (χ1n) is 4.98. The molecule has 0 bridgehead atoms. The molecule has 0 aliphatic heterocycles. The Morgan fingerprint density at radius 2 is 1.88 bits per heavy atom. The van der Waals surface area contributed by atoms with E-state index in [0.717, 1.165) is 13.0 Å². The van der Waals surface area contributed by atoms with Gasteiger partial charge >= 0.3 is 0 Å². The van der Waals surface area contributed by atoms with Gasteiger partial charge in [0.15, 0.2) is 0 Å². The molecule has 4 nitrogen and oxygen atoms in total. The van der Waals surface area contributed by atoms with Gasteiger partial charge in [0.05, 0.1) is 0 Å². The maximum Gasteiger partial charge on any atom is 0.290 e. The van der Waals surface area contributed by atoms with Gasteiger partial charge in [0.25, 0.3) is 6.47 Å². The lowest BCUT2D eigenvalue weighted by Gasteiger charge is -2.05. The Morgan fingerprint density at radius 3 is 2.25 bits per heavy atom. The summed E-state index contributed by atoms with van der Waals surface area (Å²) in [7, 11) is 2.81. The monoisotopic (exact) mass is 242 g/mol. The molecule has 1 aromatic rings. The summed E-state index contributed by atoms with van der Waals surface area (Å²) in [6, 6.07) is 8.55. The first-order valence-corrected chi connectivity index (χ1v) is 5.65. The average molecular weight is 242 g/mol. The lowest BCUT2D eigenvalue weighted by Crippen LogP contribution is -2.20. The zero-order valence-electron chi connectivity index (χ0n) is 9.39. The highest BCUT2D eigenvalue weighted by Gasteiger charge is 1.97. The van der Waals surface area contributed by atoms with Crippen LogP contribution in [0.3, 0.4) is 0 Å². The van der Waals surface area contributed by atoms with E-state index in [-0.39, 0.29) is 6.47 Å². The van der Waals surface area contributed by atoms with Crippen molar-refractivity contribution in [2.24, 2.45) is 5.84 Å². The van der Waals surface area contributed by atoms with Gasteiger partial charge in [-0.1, -0.05) is 31.2 Å². The number of rotatable bonds is 4. The molecule has 2 atom stereocenters. The van der Waals surface area contributed by atoms with Crippen LogP contribution in [0.15, 0.2) is 24.3 Å². The van der Waals surface area contributed by atoms with Gasteiger partial charge in [0.2, 0.25) is 0 Å². The van der Waals surface area contributed by atoms with Crippen LogP contribution in [0.2, 0.25) is 0 Å². The predicted molar refractivity (Wildman–Crippen MR) is 69.0 cm³/mol. The number of hydrazine groups is 1. The molecule has 2 unspecified atom stereocenters. The smallest absolute Gasteiger partial charge is 0.290 e. The van der Waals surface area contributed by atoms with Crippen LogP contribution in [0.1, 0.15) is 18.1 Å². The van der Waals surface area contributed by atoms with Crippen molar-refractivity contribution in [1.29, 1.82) is 0 Å². The van der Waals surface area contributed by atoms with Gasteiger partial charge in [-0.15, -0.1) is 9.24 Å². The van der Waals surface area contributed by atoms with E-state index in [1.54, 1.807) is 0 Å². The second-order valence-corrected chi connectivity index (χ2v) is 4.62. The minimum Gasteiger partial charge on any atom is -0.483 e. The molecule has 0 heterocycles. The SMILES string of the molecule is CC(P)Cc1ccc(CNN)cc1.O=CO. The van der Waals surface area contributed by atoms with Crippen LogP contribution in [0.5, 0.6) is 0 Å². The molecule has 0 spiro atoms. The molecule has 5 heteroatoms. The van der Waals surface area contributed by atoms with Crippen LogP contribution in [-0.4, -0.2) is 17.2 Å². The summed E-state index contributed by atoms with van der Waals surface area (Å²) in [4.78, 5) is 8.36. The molecule has 1 rings (SSSR count). The number of benzene rings is 1. The van der Waals surface area contributed by atoms with E-state index in [2.05, 4.69) is 45.9 Å². The maximum absolute atomic E-state index is 8.36. The fourth-order valence-electron chi connectivity index (χ4n) is 1.28. The highest BCUT2D eigenvalue weighted by atomic mass is 31.0. The van der Waals surface area contributed by atoms with Crippen molar-refractivity contribution in [1.82, 2.24) is 5.43 Å². The quantitative estimate of drug-likeness (QED) is 0.320. The molecule has 0 aromatic heterocycles. The van der Waals surface area contributed by atoms with Gasteiger partial charge in [-0.2, -0.15) is 0 Å². The molecule has 0 fully saturated rings. The Hall–Kier alpha value is -0.960. The average Bonchev–Trinajstić information content (AvgIpc) is 2.22. The van der Waals surface area contributed by atoms with Gasteiger partial charge in [-0.05, 0) is 23.2 Å². The molecule has 0 saturated heterocycles. The molecule has 4 N–H and O–H groups in total. The Balaban J connectivity index is 0.000000673. The molecular weight excluding hydrogens is 223 g/mol. The van der Waals surface area contributed by atoms with Gasteiger partial charge in [-0.25, -0.2) is 0 Å². The standard InChI is InChI=1S/C10H17N2P.CH2O2/c1-8(13)6-9-2-4-10(5-3-9)7-12-11;2-1-3/h2-5,8,12H,6-7,11,13H2,1H3;1H,(H,2,3). The van der Waals surface area contributed by atoms with Gasteiger partial charge < -0.3 is 5.11 Å². The molecule has 16 heavy (non-hydrogen) atoms. The van der Waals surface area contributed by atoms with Gasteiger partial charge in [0, 0.05) is 6.54 Å². The topological polar surface area (TPSA) is 75.3 Å². The van der Waals surface area contributed by atoms with Crippen molar-refractivity contribution in [3.8, 4) is 0 Å². The second-order valence-electron chi connectivity index (χ2n) is 3.48. The number of hydrogen-bond donors (Lipinski definition) is 3. The Labute approximate surface area is 98.4 Å². The summed E-state index contributed by atoms with van der Waals surface area (Å²) in [5.74, 6) is 5.23. The summed E-state index contributed by atoms with van der Waals surface area (Å²) in [5.41, 5.74) is 5.88. The fraction of sp³-hybridized carbons (Fsp3) is 0.364. The van der Waals surface area contributed by atoms with E-state index >= 15 is 0 Å². The van der Waals surface area contributed by atoms with E-state index in [4.69, 9.17) is 15.7 Å². The summed E-state index contributed by atoms with van der Waals surface area (Å²) in [6.07, 6.45) is 1.11. The molecule has 0 radical (unpaired) electrons. The molecule has 0 saturated carbocycles. The highest BCUT2D eigenvalue weighted by Crippen LogP contribution is 2.10. The Morgan fingerprint density at radius 1 is 1.44 bits per heavy atom.